The molecule has 1 aromatic heterocycles. The molecule has 1 N–H and O–H groups in total. The summed E-state index contributed by atoms with van der Waals surface area (Å²) in [4.78, 5) is 8.14. The molecule has 3 nitrogen and oxygen atoms in total. The highest BCUT2D eigenvalue weighted by atomic mass is 16.3. The summed E-state index contributed by atoms with van der Waals surface area (Å²) in [6, 6.07) is 0. The molecule has 14 heavy (non-hydrogen) atoms. The van der Waals surface area contributed by atoms with Crippen LogP contribution in [0.2, 0.25) is 0 Å². The van der Waals surface area contributed by atoms with Crippen molar-refractivity contribution in [3.63, 3.8) is 0 Å². The molecule has 2 fully saturated rings. The molecule has 3 heteroatoms. The van der Waals surface area contributed by atoms with Crippen LogP contribution in [0, 0.1) is 17.8 Å². The second kappa shape index (κ2) is 3.02. The van der Waals surface area contributed by atoms with Gasteiger partial charge < -0.3 is 5.11 Å². The van der Waals surface area contributed by atoms with Crippen LogP contribution in [0.5, 0.6) is 0 Å². The van der Waals surface area contributed by atoms with E-state index in [4.69, 9.17) is 0 Å². The average Bonchev–Trinajstić information content (AvgIpc) is 2.72. The van der Waals surface area contributed by atoms with Crippen LogP contribution in [0.25, 0.3) is 0 Å². The van der Waals surface area contributed by atoms with Gasteiger partial charge in [0.25, 0.3) is 0 Å². The van der Waals surface area contributed by atoms with E-state index in [9.17, 15) is 5.11 Å². The Balaban J connectivity index is 1.75. The zero-order chi connectivity index (χ0) is 9.54. The number of aliphatic hydroxyl groups is 1. The lowest BCUT2D eigenvalue weighted by Crippen LogP contribution is -2.06. The van der Waals surface area contributed by atoms with Crippen LogP contribution in [-0.4, -0.2) is 15.1 Å². The number of hydrogen-bond acceptors (Lipinski definition) is 3. The Morgan fingerprint density at radius 2 is 2.07 bits per heavy atom. The normalized spacial score (nSPS) is 36.5. The first-order valence-electron chi connectivity index (χ1n) is 5.32. The van der Waals surface area contributed by atoms with E-state index in [0.29, 0.717) is 5.92 Å². The molecule has 2 aliphatic carbocycles. The number of hydrogen-bond donors (Lipinski definition) is 1. The van der Waals surface area contributed by atoms with Gasteiger partial charge in [-0.1, -0.05) is 6.42 Å². The quantitative estimate of drug-likeness (QED) is 0.769. The number of aromatic nitrogens is 2. The van der Waals surface area contributed by atoms with Crippen LogP contribution < -0.4 is 0 Å². The van der Waals surface area contributed by atoms with Crippen LogP contribution in [0.15, 0.2) is 18.6 Å². The molecule has 0 aromatic carbocycles. The fourth-order valence-electron chi connectivity index (χ4n) is 3.01. The third-order valence-corrected chi connectivity index (χ3v) is 3.72. The summed E-state index contributed by atoms with van der Waals surface area (Å²) >= 11 is 0. The topological polar surface area (TPSA) is 46.0 Å². The van der Waals surface area contributed by atoms with Crippen molar-refractivity contribution in [2.24, 2.45) is 17.8 Å². The molecular formula is C11H14N2O. The van der Waals surface area contributed by atoms with E-state index < -0.39 is 0 Å². The molecule has 3 rings (SSSR count). The Hall–Kier alpha value is -0.960. The first kappa shape index (κ1) is 8.36. The molecule has 0 amide bonds. The predicted molar refractivity (Wildman–Crippen MR) is 51.3 cm³/mol. The molecule has 1 heterocycles. The van der Waals surface area contributed by atoms with E-state index in [2.05, 4.69) is 9.97 Å². The SMILES string of the molecule is OC(c1cnccn1)C1C2CCCC21. The Morgan fingerprint density at radius 3 is 2.71 bits per heavy atom. The van der Waals surface area contributed by atoms with E-state index >= 15 is 0 Å². The summed E-state index contributed by atoms with van der Waals surface area (Å²) in [7, 11) is 0. The third-order valence-electron chi connectivity index (χ3n) is 3.72. The third kappa shape index (κ3) is 1.16. The summed E-state index contributed by atoms with van der Waals surface area (Å²) in [5.74, 6) is 2.01. The second-order valence-corrected chi connectivity index (χ2v) is 4.41. The first-order chi connectivity index (χ1) is 6.88. The van der Waals surface area contributed by atoms with Crippen molar-refractivity contribution in [2.45, 2.75) is 25.4 Å². The molecule has 0 radical (unpaired) electrons. The fourth-order valence-corrected chi connectivity index (χ4v) is 3.01. The molecule has 0 aliphatic heterocycles. The van der Waals surface area contributed by atoms with Gasteiger partial charge in [-0.15, -0.1) is 0 Å². The lowest BCUT2D eigenvalue weighted by molar-refractivity contribution is 0.132. The minimum Gasteiger partial charge on any atom is -0.386 e. The highest BCUT2D eigenvalue weighted by Gasteiger charge is 2.56. The lowest BCUT2D eigenvalue weighted by Gasteiger charge is -2.10. The van der Waals surface area contributed by atoms with Crippen molar-refractivity contribution >= 4 is 0 Å². The van der Waals surface area contributed by atoms with Crippen molar-refractivity contribution in [1.29, 1.82) is 0 Å². The van der Waals surface area contributed by atoms with Gasteiger partial charge in [-0.25, -0.2) is 0 Å². The van der Waals surface area contributed by atoms with Crippen molar-refractivity contribution in [3.8, 4) is 0 Å². The molecule has 1 aromatic rings. The summed E-state index contributed by atoms with van der Waals surface area (Å²) in [6.45, 7) is 0. The van der Waals surface area contributed by atoms with Gasteiger partial charge in [-0.3, -0.25) is 9.97 Å². The second-order valence-electron chi connectivity index (χ2n) is 4.41. The minimum atomic E-state index is -0.376. The summed E-state index contributed by atoms with van der Waals surface area (Å²) in [5, 5.41) is 10.1. The maximum atomic E-state index is 10.1. The maximum absolute atomic E-state index is 10.1. The van der Waals surface area contributed by atoms with Crippen molar-refractivity contribution < 1.29 is 5.11 Å². The van der Waals surface area contributed by atoms with E-state index in [0.717, 1.165) is 17.5 Å². The molecule has 0 saturated heterocycles. The number of aliphatic hydroxyl groups excluding tert-OH is 1. The van der Waals surface area contributed by atoms with Gasteiger partial charge in [0.2, 0.25) is 0 Å². The molecule has 3 unspecified atom stereocenters. The van der Waals surface area contributed by atoms with Crippen molar-refractivity contribution in [1.82, 2.24) is 9.97 Å². The highest BCUT2D eigenvalue weighted by Crippen LogP contribution is 2.61. The van der Waals surface area contributed by atoms with E-state index in [1.165, 1.54) is 19.3 Å². The van der Waals surface area contributed by atoms with Crippen molar-refractivity contribution in [2.75, 3.05) is 0 Å². The van der Waals surface area contributed by atoms with E-state index in [-0.39, 0.29) is 6.10 Å². The van der Waals surface area contributed by atoms with Crippen LogP contribution in [0.1, 0.15) is 31.1 Å². The smallest absolute Gasteiger partial charge is 0.101 e. The first-order valence-corrected chi connectivity index (χ1v) is 5.32. The minimum absolute atomic E-state index is 0.376. The average molecular weight is 190 g/mol. The molecular weight excluding hydrogens is 176 g/mol. The van der Waals surface area contributed by atoms with Crippen LogP contribution in [0.4, 0.5) is 0 Å². The van der Waals surface area contributed by atoms with Gasteiger partial charge in [0.15, 0.2) is 0 Å². The summed E-state index contributed by atoms with van der Waals surface area (Å²) < 4.78 is 0. The standard InChI is InChI=1S/C11H14N2O/c14-11(9-6-12-4-5-13-9)10-7-2-1-3-8(7)10/h4-8,10-11,14H,1-3H2. The molecule has 0 spiro atoms. The number of rotatable bonds is 2. The van der Waals surface area contributed by atoms with Crippen molar-refractivity contribution in [3.05, 3.63) is 24.3 Å². The van der Waals surface area contributed by atoms with Crippen LogP contribution >= 0.6 is 0 Å². The Bertz CT molecular complexity index is 317. The summed E-state index contributed by atoms with van der Waals surface area (Å²) in [6.07, 6.45) is 8.54. The van der Waals surface area contributed by atoms with Gasteiger partial charge >= 0.3 is 0 Å². The molecule has 0 bridgehead atoms. The number of nitrogens with zero attached hydrogens (tertiary/aromatic N) is 2. The van der Waals surface area contributed by atoms with E-state index in [1.807, 2.05) is 0 Å². The lowest BCUT2D eigenvalue weighted by atomic mass is 10.0. The molecule has 2 saturated carbocycles. The molecule has 74 valence electrons. The maximum Gasteiger partial charge on any atom is 0.101 e. The Kier molecular flexibility index (Phi) is 1.80. The van der Waals surface area contributed by atoms with Gasteiger partial charge in [0, 0.05) is 12.4 Å². The highest BCUT2D eigenvalue weighted by molar-refractivity contribution is 5.12. The monoisotopic (exact) mass is 190 g/mol. The van der Waals surface area contributed by atoms with Gasteiger partial charge in [0.1, 0.15) is 6.10 Å². The molecule has 2 aliphatic rings. The van der Waals surface area contributed by atoms with E-state index in [1.54, 1.807) is 18.6 Å². The fraction of sp³-hybridized carbons (Fsp3) is 0.636. The summed E-state index contributed by atoms with van der Waals surface area (Å²) in [5.41, 5.74) is 0.743. The largest absolute Gasteiger partial charge is 0.386 e. The van der Waals surface area contributed by atoms with Crippen LogP contribution in [-0.2, 0) is 0 Å². The zero-order valence-electron chi connectivity index (χ0n) is 8.00. The Labute approximate surface area is 83.2 Å². The van der Waals surface area contributed by atoms with Gasteiger partial charge in [0.05, 0.1) is 11.9 Å². The van der Waals surface area contributed by atoms with Gasteiger partial charge in [-0.2, -0.15) is 0 Å². The molecule has 3 atom stereocenters. The Morgan fingerprint density at radius 1 is 1.29 bits per heavy atom. The zero-order valence-corrected chi connectivity index (χ0v) is 8.00. The predicted octanol–water partition coefficient (Wildman–Crippen LogP) is 1.56. The number of fused-ring (bicyclic) bond motifs is 1. The van der Waals surface area contributed by atoms with Gasteiger partial charge in [-0.05, 0) is 30.6 Å². The van der Waals surface area contributed by atoms with Crippen LogP contribution in [0.3, 0.4) is 0 Å².